The number of hydrogen-bond acceptors (Lipinski definition) is 1. The average molecular weight is 214 g/mol. The molecule has 0 spiro atoms. The largest absolute Gasteiger partial charge is 1.00 e. The standard InChI is InChI=1S/C10H15N3.ClH/c1-3-9(2)10(6-11)7-13-5-4-12-8-13;/h4-5,8-10H,3,7H2,1-2H3;1H. The summed E-state index contributed by atoms with van der Waals surface area (Å²) in [5.41, 5.74) is 0. The van der Waals surface area contributed by atoms with Gasteiger partial charge < -0.3 is 12.4 Å². The molecule has 1 rings (SSSR count). The molecule has 0 aliphatic carbocycles. The highest BCUT2D eigenvalue weighted by Crippen LogP contribution is 2.13. The van der Waals surface area contributed by atoms with E-state index in [4.69, 9.17) is 5.26 Å². The van der Waals surface area contributed by atoms with Crippen LogP contribution >= 0.6 is 0 Å². The lowest BCUT2D eigenvalue weighted by molar-refractivity contribution is -0.701. The molecule has 0 aromatic carbocycles. The van der Waals surface area contributed by atoms with E-state index in [0.717, 1.165) is 13.0 Å². The van der Waals surface area contributed by atoms with Crippen molar-refractivity contribution in [1.82, 2.24) is 4.98 Å². The number of nitrogens with one attached hydrogen (secondary N) is 1. The predicted molar refractivity (Wildman–Crippen MR) is 49.5 cm³/mol. The normalized spacial score (nSPS) is 13.8. The van der Waals surface area contributed by atoms with Crippen molar-refractivity contribution in [3.63, 3.8) is 0 Å². The topological polar surface area (TPSA) is 43.5 Å². The number of nitrogens with zero attached hydrogens (tertiary/aromatic N) is 2. The van der Waals surface area contributed by atoms with Gasteiger partial charge in [-0.15, -0.1) is 0 Å². The summed E-state index contributed by atoms with van der Waals surface area (Å²) < 4.78 is 2.01. The summed E-state index contributed by atoms with van der Waals surface area (Å²) in [5, 5.41) is 8.95. The van der Waals surface area contributed by atoms with E-state index in [9.17, 15) is 0 Å². The Morgan fingerprint density at radius 2 is 2.29 bits per heavy atom. The van der Waals surface area contributed by atoms with Crippen LogP contribution in [-0.2, 0) is 6.54 Å². The first-order valence-corrected chi connectivity index (χ1v) is 4.69. The molecule has 0 radical (unpaired) electrons. The van der Waals surface area contributed by atoms with Gasteiger partial charge in [-0.2, -0.15) is 5.26 Å². The third kappa shape index (κ3) is 3.39. The zero-order valence-corrected chi connectivity index (χ0v) is 9.33. The van der Waals surface area contributed by atoms with Gasteiger partial charge in [-0.3, -0.25) is 4.98 Å². The first-order valence-electron chi connectivity index (χ1n) is 4.69. The molecule has 2 atom stereocenters. The van der Waals surface area contributed by atoms with Gasteiger partial charge in [0.05, 0.1) is 12.0 Å². The van der Waals surface area contributed by atoms with Crippen LogP contribution in [0.1, 0.15) is 20.3 Å². The molecule has 78 valence electrons. The molecular weight excluding hydrogens is 198 g/mol. The minimum Gasteiger partial charge on any atom is -1.00 e. The summed E-state index contributed by atoms with van der Waals surface area (Å²) in [6.07, 6.45) is 6.76. The fourth-order valence-electron chi connectivity index (χ4n) is 1.29. The van der Waals surface area contributed by atoms with E-state index in [-0.39, 0.29) is 18.3 Å². The summed E-state index contributed by atoms with van der Waals surface area (Å²) in [6.45, 7) is 5.03. The molecule has 0 aliphatic rings. The van der Waals surface area contributed by atoms with Crippen LogP contribution in [-0.4, -0.2) is 4.98 Å². The summed E-state index contributed by atoms with van der Waals surface area (Å²) in [7, 11) is 0. The minimum atomic E-state index is 0. The predicted octanol–water partition coefficient (Wildman–Crippen LogP) is -1.51. The van der Waals surface area contributed by atoms with Crippen LogP contribution < -0.4 is 17.0 Å². The molecule has 0 fully saturated rings. The van der Waals surface area contributed by atoms with Crippen LogP contribution in [0.4, 0.5) is 0 Å². The Bertz CT molecular complexity index is 276. The molecule has 1 aromatic heterocycles. The molecule has 3 nitrogen and oxygen atoms in total. The van der Waals surface area contributed by atoms with E-state index >= 15 is 0 Å². The van der Waals surface area contributed by atoms with Crippen LogP contribution in [0.15, 0.2) is 18.7 Å². The van der Waals surface area contributed by atoms with Gasteiger partial charge in [-0.25, -0.2) is 4.57 Å². The zero-order chi connectivity index (χ0) is 9.68. The Hall–Kier alpha value is -1.01. The van der Waals surface area contributed by atoms with Gasteiger partial charge in [0.25, 0.3) is 0 Å². The van der Waals surface area contributed by atoms with Gasteiger partial charge in [-0.1, -0.05) is 20.3 Å². The highest BCUT2D eigenvalue weighted by Gasteiger charge is 2.17. The molecule has 0 bridgehead atoms. The van der Waals surface area contributed by atoms with E-state index in [1.165, 1.54) is 0 Å². The summed E-state index contributed by atoms with van der Waals surface area (Å²) >= 11 is 0. The van der Waals surface area contributed by atoms with Crippen LogP contribution in [0.3, 0.4) is 0 Å². The number of aromatic nitrogens is 2. The van der Waals surface area contributed by atoms with Gasteiger partial charge in [0.15, 0.2) is 0 Å². The molecule has 4 heteroatoms. The van der Waals surface area contributed by atoms with Crippen LogP contribution in [0, 0.1) is 23.2 Å². The number of aromatic amines is 1. The molecule has 0 saturated heterocycles. The van der Waals surface area contributed by atoms with Crippen LogP contribution in [0.2, 0.25) is 0 Å². The van der Waals surface area contributed by atoms with E-state index in [1.807, 2.05) is 23.3 Å². The lowest BCUT2D eigenvalue weighted by atomic mass is 9.93. The van der Waals surface area contributed by atoms with Crippen molar-refractivity contribution in [3.05, 3.63) is 18.7 Å². The Labute approximate surface area is 91.2 Å². The Morgan fingerprint density at radius 3 is 2.71 bits per heavy atom. The van der Waals surface area contributed by atoms with Crippen molar-refractivity contribution in [2.24, 2.45) is 11.8 Å². The molecular formula is C10H16ClN3. The molecule has 0 aliphatic heterocycles. The third-order valence-corrected chi connectivity index (χ3v) is 2.51. The molecule has 0 saturated carbocycles. The number of H-pyrrole nitrogens is 1. The quantitative estimate of drug-likeness (QED) is 0.608. The van der Waals surface area contributed by atoms with E-state index in [2.05, 4.69) is 24.9 Å². The fraction of sp³-hybridized carbons (Fsp3) is 0.600. The van der Waals surface area contributed by atoms with Gasteiger partial charge in [-0.05, 0) is 5.92 Å². The highest BCUT2D eigenvalue weighted by molar-refractivity contribution is 4.83. The first kappa shape index (κ1) is 13.0. The minimum absolute atomic E-state index is 0. The number of imidazole rings is 1. The second-order valence-corrected chi connectivity index (χ2v) is 3.43. The maximum absolute atomic E-state index is 8.95. The maximum atomic E-state index is 8.95. The highest BCUT2D eigenvalue weighted by atomic mass is 35.5. The van der Waals surface area contributed by atoms with Gasteiger partial charge in [0.1, 0.15) is 18.9 Å². The number of nitriles is 1. The van der Waals surface area contributed by atoms with Crippen molar-refractivity contribution in [2.75, 3.05) is 0 Å². The van der Waals surface area contributed by atoms with Crippen molar-refractivity contribution >= 4 is 0 Å². The Morgan fingerprint density at radius 1 is 1.57 bits per heavy atom. The summed E-state index contributed by atoms with van der Waals surface area (Å²) in [5.74, 6) is 0.582. The van der Waals surface area contributed by atoms with Gasteiger partial charge in [0, 0.05) is 0 Å². The number of hydrogen-bond donors (Lipinski definition) is 1. The van der Waals surface area contributed by atoms with Crippen LogP contribution in [0.5, 0.6) is 0 Å². The van der Waals surface area contributed by atoms with Crippen molar-refractivity contribution in [1.29, 1.82) is 5.26 Å². The van der Waals surface area contributed by atoms with Crippen molar-refractivity contribution in [2.45, 2.75) is 26.8 Å². The molecule has 1 heterocycles. The first-order chi connectivity index (χ1) is 6.27. The third-order valence-electron chi connectivity index (χ3n) is 2.51. The smallest absolute Gasteiger partial charge is 0.241 e. The summed E-state index contributed by atoms with van der Waals surface area (Å²) in [6, 6.07) is 2.36. The maximum Gasteiger partial charge on any atom is 0.241 e. The Balaban J connectivity index is 0.00000169. The lowest BCUT2D eigenvalue weighted by Crippen LogP contribution is -3.00. The molecule has 1 N–H and O–H groups in total. The lowest BCUT2D eigenvalue weighted by Gasteiger charge is -2.12. The fourth-order valence-corrected chi connectivity index (χ4v) is 1.29. The zero-order valence-electron chi connectivity index (χ0n) is 8.57. The van der Waals surface area contributed by atoms with Crippen molar-refractivity contribution in [3.8, 4) is 6.07 Å². The molecule has 2 unspecified atom stereocenters. The molecule has 14 heavy (non-hydrogen) atoms. The van der Waals surface area contributed by atoms with E-state index < -0.39 is 0 Å². The second-order valence-electron chi connectivity index (χ2n) is 3.43. The van der Waals surface area contributed by atoms with E-state index in [1.54, 1.807) is 0 Å². The van der Waals surface area contributed by atoms with Gasteiger partial charge >= 0.3 is 0 Å². The van der Waals surface area contributed by atoms with Crippen molar-refractivity contribution < 1.29 is 17.0 Å². The SMILES string of the molecule is CCC(C)C(C#N)C[n+]1cc[nH]c1.[Cl-]. The molecule has 1 aromatic rings. The van der Waals surface area contributed by atoms with Gasteiger partial charge in [0.2, 0.25) is 6.33 Å². The monoisotopic (exact) mass is 213 g/mol. The average Bonchev–Trinajstić information content (AvgIpc) is 2.65. The van der Waals surface area contributed by atoms with E-state index in [0.29, 0.717) is 5.92 Å². The van der Waals surface area contributed by atoms with Crippen LogP contribution in [0.25, 0.3) is 0 Å². The summed E-state index contributed by atoms with van der Waals surface area (Å²) in [4.78, 5) is 2.97. The Kier molecular flexibility index (Phi) is 5.98. The number of rotatable bonds is 4. The second kappa shape index (κ2) is 6.44. The number of halogens is 1. The molecule has 0 amide bonds.